The Morgan fingerprint density at radius 2 is 1.00 bits per heavy atom. The summed E-state index contributed by atoms with van der Waals surface area (Å²) in [5.74, 6) is -2.87. The van der Waals surface area contributed by atoms with Gasteiger partial charge in [-0.2, -0.15) is 0 Å². The molecule has 0 amide bonds. The van der Waals surface area contributed by atoms with Gasteiger partial charge in [0, 0.05) is 42.4 Å². The lowest BCUT2D eigenvalue weighted by Gasteiger charge is -2.19. The van der Waals surface area contributed by atoms with Crippen LogP contribution in [0.5, 0.6) is 5.75 Å². The van der Waals surface area contributed by atoms with E-state index in [1.165, 1.54) is 12.1 Å². The van der Waals surface area contributed by atoms with Crippen LogP contribution in [-0.2, 0) is 38.0 Å². The Hall–Kier alpha value is -4.80. The van der Waals surface area contributed by atoms with Gasteiger partial charge in [-0.25, -0.2) is 24.2 Å². The molecular formula is C38H55BrN2O14. The van der Waals surface area contributed by atoms with Crippen LogP contribution in [0, 0.1) is 0 Å². The molecule has 0 aliphatic rings. The first kappa shape index (κ1) is 50.2. The van der Waals surface area contributed by atoms with Gasteiger partial charge < -0.3 is 38.1 Å². The van der Waals surface area contributed by atoms with E-state index >= 15 is 0 Å². The topological polar surface area (TPSA) is 213 Å². The summed E-state index contributed by atoms with van der Waals surface area (Å²) in [6.45, 7) is 18.6. The number of aromatic amines is 1. The third kappa shape index (κ3) is 23.6. The SMILES string of the molecule is CC(C)(C)OC(=O)CCCBr.CCOC(=O)c1cc(=O)cc(C(=O)OCC)[nH]1.CCOC(=O)c1cc(OCCCC(=O)OC(C)(C)C)cc(C(=O)OCC)n1. The van der Waals surface area contributed by atoms with Crippen LogP contribution in [0.1, 0.15) is 137 Å². The van der Waals surface area contributed by atoms with Gasteiger partial charge in [-0.1, -0.05) is 15.9 Å². The standard InChI is InChI=1S/C19H27NO7.C11H13NO5.C8H15BrO2/c1-6-24-17(22)14-11-13(12-15(20-14)18(23)25-7-2)26-10-8-9-16(21)27-19(3,4)5;1-3-16-10(14)8-5-7(13)6-9(12-8)11(15)17-4-2;1-8(2,3)11-7(10)5-4-6-9/h11-12H,6-10H2,1-5H3;5-6H,3-4H2,1-2H3,(H,12,13);4-6H2,1-3H3. The molecule has 0 spiro atoms. The average molecular weight is 844 g/mol. The average Bonchev–Trinajstić information content (AvgIpc) is 3.08. The second-order valence-electron chi connectivity index (χ2n) is 13.0. The summed E-state index contributed by atoms with van der Waals surface area (Å²) in [7, 11) is 0. The number of rotatable bonds is 16. The first-order valence-electron chi connectivity index (χ1n) is 17.8. The minimum absolute atomic E-state index is 0.0513. The van der Waals surface area contributed by atoms with E-state index in [4.69, 9.17) is 33.2 Å². The van der Waals surface area contributed by atoms with Crippen LogP contribution < -0.4 is 10.2 Å². The van der Waals surface area contributed by atoms with Crippen LogP contribution >= 0.6 is 15.9 Å². The number of carbonyl (C=O) groups excluding carboxylic acids is 6. The number of carbonyl (C=O) groups is 6. The van der Waals surface area contributed by atoms with Gasteiger partial charge in [-0.05, 0) is 82.1 Å². The summed E-state index contributed by atoms with van der Waals surface area (Å²) in [6, 6.07) is 4.91. The number of nitrogens with one attached hydrogen (secondary N) is 1. The van der Waals surface area contributed by atoms with Crippen LogP contribution in [0.2, 0.25) is 0 Å². The maximum Gasteiger partial charge on any atom is 0.357 e. The van der Waals surface area contributed by atoms with Crippen molar-refractivity contribution < 1.29 is 61.9 Å². The lowest BCUT2D eigenvalue weighted by Crippen LogP contribution is -2.24. The van der Waals surface area contributed by atoms with Crippen molar-refractivity contribution in [3.8, 4) is 5.75 Å². The fraction of sp³-hybridized carbons (Fsp3) is 0.579. The van der Waals surface area contributed by atoms with E-state index in [0.717, 1.165) is 23.9 Å². The van der Waals surface area contributed by atoms with Gasteiger partial charge in [0.25, 0.3) is 0 Å². The Bertz CT molecular complexity index is 1530. The maximum atomic E-state index is 11.9. The number of aromatic nitrogens is 2. The predicted octanol–water partition coefficient (Wildman–Crippen LogP) is 6.17. The third-order valence-electron chi connectivity index (χ3n) is 5.75. The molecule has 1 N–H and O–H groups in total. The molecule has 0 aliphatic heterocycles. The maximum absolute atomic E-state index is 11.9. The van der Waals surface area contributed by atoms with Gasteiger partial charge >= 0.3 is 35.8 Å². The Balaban J connectivity index is 0.000000885. The van der Waals surface area contributed by atoms with Crippen LogP contribution in [0.25, 0.3) is 0 Å². The number of H-pyrrole nitrogens is 1. The van der Waals surface area contributed by atoms with Crippen LogP contribution in [0.3, 0.4) is 0 Å². The second kappa shape index (κ2) is 26.1. The molecule has 55 heavy (non-hydrogen) atoms. The molecule has 16 nitrogen and oxygen atoms in total. The number of pyridine rings is 2. The summed E-state index contributed by atoms with van der Waals surface area (Å²) in [5.41, 5.74) is -1.58. The van der Waals surface area contributed by atoms with E-state index in [1.54, 1.807) is 48.5 Å². The molecule has 2 aromatic heterocycles. The third-order valence-corrected chi connectivity index (χ3v) is 6.31. The number of alkyl halides is 1. The van der Waals surface area contributed by atoms with E-state index in [2.05, 4.69) is 25.9 Å². The van der Waals surface area contributed by atoms with Crippen molar-refractivity contribution >= 4 is 51.7 Å². The second-order valence-corrected chi connectivity index (χ2v) is 13.8. The highest BCUT2D eigenvalue weighted by Gasteiger charge is 2.19. The molecule has 0 radical (unpaired) electrons. The van der Waals surface area contributed by atoms with Crippen molar-refractivity contribution in [2.24, 2.45) is 0 Å². The summed E-state index contributed by atoms with van der Waals surface area (Å²) < 4.78 is 35.1. The van der Waals surface area contributed by atoms with E-state index in [1.807, 2.05) is 20.8 Å². The fourth-order valence-electron chi connectivity index (χ4n) is 3.79. The molecule has 0 unspecified atom stereocenters. The van der Waals surface area contributed by atoms with E-state index in [9.17, 15) is 33.6 Å². The molecule has 0 atom stereocenters. The highest BCUT2D eigenvalue weighted by atomic mass is 79.9. The number of hydrogen-bond acceptors (Lipinski definition) is 15. The molecule has 17 heteroatoms. The molecule has 0 bridgehead atoms. The summed E-state index contributed by atoms with van der Waals surface area (Å²) in [4.78, 5) is 87.1. The summed E-state index contributed by atoms with van der Waals surface area (Å²) in [6.07, 6.45) is 1.95. The number of halogens is 1. The summed E-state index contributed by atoms with van der Waals surface area (Å²) >= 11 is 3.25. The van der Waals surface area contributed by atoms with Gasteiger partial charge in [0.1, 0.15) is 28.3 Å². The highest BCUT2D eigenvalue weighted by molar-refractivity contribution is 9.09. The predicted molar refractivity (Wildman–Crippen MR) is 205 cm³/mol. The zero-order valence-electron chi connectivity index (χ0n) is 33.4. The number of nitrogens with zero attached hydrogens (tertiary/aromatic N) is 1. The van der Waals surface area contributed by atoms with Crippen molar-refractivity contribution in [3.63, 3.8) is 0 Å². The lowest BCUT2D eigenvalue weighted by atomic mass is 10.2. The molecule has 2 heterocycles. The van der Waals surface area contributed by atoms with Gasteiger partial charge in [0.2, 0.25) is 0 Å². The van der Waals surface area contributed by atoms with Gasteiger partial charge in [-0.3, -0.25) is 14.4 Å². The van der Waals surface area contributed by atoms with Crippen LogP contribution in [-0.4, -0.2) is 95.4 Å². The Labute approximate surface area is 330 Å². The fourth-order valence-corrected chi connectivity index (χ4v) is 4.07. The van der Waals surface area contributed by atoms with E-state index in [-0.39, 0.29) is 85.5 Å². The first-order valence-corrected chi connectivity index (χ1v) is 18.9. The van der Waals surface area contributed by atoms with Gasteiger partial charge in [-0.15, -0.1) is 0 Å². The quantitative estimate of drug-likeness (QED) is 0.0867. The molecular weight excluding hydrogens is 788 g/mol. The smallest absolute Gasteiger partial charge is 0.357 e. The number of esters is 6. The van der Waals surface area contributed by atoms with Crippen molar-refractivity contribution in [1.82, 2.24) is 9.97 Å². The summed E-state index contributed by atoms with van der Waals surface area (Å²) in [5, 5.41) is 0.853. The molecule has 2 rings (SSSR count). The molecule has 308 valence electrons. The zero-order valence-corrected chi connectivity index (χ0v) is 35.0. The van der Waals surface area contributed by atoms with Crippen LogP contribution in [0.15, 0.2) is 29.1 Å². The normalized spacial score (nSPS) is 10.6. The monoisotopic (exact) mass is 842 g/mol. The van der Waals surface area contributed by atoms with Crippen molar-refractivity contribution in [2.75, 3.05) is 38.4 Å². The van der Waals surface area contributed by atoms with Crippen molar-refractivity contribution in [3.05, 3.63) is 57.3 Å². The van der Waals surface area contributed by atoms with Crippen LogP contribution in [0.4, 0.5) is 0 Å². The minimum atomic E-state index is -0.684. The Kier molecular flexibility index (Phi) is 23.8. The van der Waals surface area contributed by atoms with E-state index in [0.29, 0.717) is 12.8 Å². The molecule has 0 aromatic carbocycles. The minimum Gasteiger partial charge on any atom is -0.493 e. The molecule has 0 fully saturated rings. The molecule has 0 aliphatic carbocycles. The highest BCUT2D eigenvalue weighted by Crippen LogP contribution is 2.17. The lowest BCUT2D eigenvalue weighted by molar-refractivity contribution is -0.156. The first-order chi connectivity index (χ1) is 25.7. The van der Waals surface area contributed by atoms with Gasteiger partial charge in [0.15, 0.2) is 16.8 Å². The molecule has 0 saturated carbocycles. The number of ether oxygens (including phenoxy) is 7. The molecule has 2 aromatic rings. The van der Waals surface area contributed by atoms with Gasteiger partial charge in [0.05, 0.1) is 33.0 Å². The van der Waals surface area contributed by atoms with E-state index < -0.39 is 34.9 Å². The Morgan fingerprint density at radius 1 is 0.618 bits per heavy atom. The largest absolute Gasteiger partial charge is 0.493 e. The number of hydrogen-bond donors (Lipinski definition) is 1. The van der Waals surface area contributed by atoms with Crippen molar-refractivity contribution in [2.45, 2.75) is 106 Å². The zero-order chi connectivity index (χ0) is 42.2. The Morgan fingerprint density at radius 3 is 1.36 bits per heavy atom. The van der Waals surface area contributed by atoms with Crippen molar-refractivity contribution in [1.29, 1.82) is 0 Å². The molecule has 0 saturated heterocycles.